The zero-order chi connectivity index (χ0) is 11.4. The van der Waals surface area contributed by atoms with Gasteiger partial charge in [-0.1, -0.05) is 30.3 Å². The Morgan fingerprint density at radius 3 is 2.81 bits per heavy atom. The molecule has 1 heterocycles. The molecular formula is C12H16N2O2. The van der Waals surface area contributed by atoms with E-state index in [4.69, 9.17) is 4.74 Å². The van der Waals surface area contributed by atoms with Gasteiger partial charge in [0.1, 0.15) is 0 Å². The summed E-state index contributed by atoms with van der Waals surface area (Å²) < 4.78 is 5.59. The van der Waals surface area contributed by atoms with Gasteiger partial charge in [-0.15, -0.1) is 0 Å². The van der Waals surface area contributed by atoms with Crippen LogP contribution in [0.4, 0.5) is 4.79 Å². The molecule has 1 aliphatic heterocycles. The standard InChI is InChI=1S/C12H16N2O2/c1-14-11(7-13-12(14)15)9-16-8-10-5-3-2-4-6-10/h2-6,11H,7-9H2,1H3,(H,13,15)/t11-/m1/s1. The highest BCUT2D eigenvalue weighted by Crippen LogP contribution is 2.06. The summed E-state index contributed by atoms with van der Waals surface area (Å²) in [6, 6.07) is 10.2. The molecule has 0 bridgehead atoms. The van der Waals surface area contributed by atoms with Gasteiger partial charge in [-0.05, 0) is 5.56 Å². The van der Waals surface area contributed by atoms with E-state index in [9.17, 15) is 4.79 Å². The van der Waals surface area contributed by atoms with E-state index in [1.165, 1.54) is 0 Å². The van der Waals surface area contributed by atoms with Crippen molar-refractivity contribution in [1.29, 1.82) is 0 Å². The summed E-state index contributed by atoms with van der Waals surface area (Å²) in [5.41, 5.74) is 1.16. The van der Waals surface area contributed by atoms with Crippen LogP contribution in [0.2, 0.25) is 0 Å². The zero-order valence-electron chi connectivity index (χ0n) is 9.35. The second-order valence-electron chi connectivity index (χ2n) is 3.95. The minimum absolute atomic E-state index is 0.0201. The molecule has 0 spiro atoms. The van der Waals surface area contributed by atoms with Crippen molar-refractivity contribution in [1.82, 2.24) is 10.2 Å². The van der Waals surface area contributed by atoms with Gasteiger partial charge >= 0.3 is 6.03 Å². The molecule has 16 heavy (non-hydrogen) atoms. The Bertz CT molecular complexity index is 353. The summed E-state index contributed by atoms with van der Waals surface area (Å²) in [4.78, 5) is 12.9. The van der Waals surface area contributed by atoms with Crippen LogP contribution in [0.5, 0.6) is 0 Å². The molecule has 1 saturated heterocycles. The Hall–Kier alpha value is -1.55. The molecule has 1 atom stereocenters. The number of amides is 2. The van der Waals surface area contributed by atoms with Gasteiger partial charge in [-0.3, -0.25) is 0 Å². The maximum Gasteiger partial charge on any atom is 0.317 e. The Balaban J connectivity index is 1.75. The molecule has 1 aromatic carbocycles. The van der Waals surface area contributed by atoms with Gasteiger partial charge in [0.15, 0.2) is 0 Å². The van der Waals surface area contributed by atoms with E-state index in [2.05, 4.69) is 5.32 Å². The van der Waals surface area contributed by atoms with Crippen molar-refractivity contribution in [3.63, 3.8) is 0 Å². The number of hydrogen-bond acceptors (Lipinski definition) is 2. The van der Waals surface area contributed by atoms with Crippen molar-refractivity contribution in [2.24, 2.45) is 0 Å². The third kappa shape index (κ3) is 2.52. The van der Waals surface area contributed by atoms with E-state index < -0.39 is 0 Å². The monoisotopic (exact) mass is 220 g/mol. The molecule has 1 fully saturated rings. The number of benzene rings is 1. The first-order valence-corrected chi connectivity index (χ1v) is 5.39. The van der Waals surface area contributed by atoms with Gasteiger partial charge in [0.2, 0.25) is 0 Å². The predicted octanol–water partition coefficient (Wildman–Crippen LogP) is 1.23. The van der Waals surface area contributed by atoms with Gasteiger partial charge in [-0.2, -0.15) is 0 Å². The van der Waals surface area contributed by atoms with Crippen LogP contribution in [-0.2, 0) is 11.3 Å². The van der Waals surface area contributed by atoms with E-state index in [-0.39, 0.29) is 12.1 Å². The van der Waals surface area contributed by atoms with Crippen LogP contribution in [0.15, 0.2) is 30.3 Å². The number of likely N-dealkylation sites (N-methyl/N-ethyl adjacent to an activating group) is 1. The van der Waals surface area contributed by atoms with Gasteiger partial charge in [0, 0.05) is 13.6 Å². The fourth-order valence-electron chi connectivity index (χ4n) is 1.69. The number of carbonyl (C=O) groups is 1. The van der Waals surface area contributed by atoms with Crippen LogP contribution in [0, 0.1) is 0 Å². The van der Waals surface area contributed by atoms with Crippen molar-refractivity contribution >= 4 is 6.03 Å². The molecular weight excluding hydrogens is 204 g/mol. The van der Waals surface area contributed by atoms with Crippen LogP contribution in [0.1, 0.15) is 5.56 Å². The summed E-state index contributed by atoms with van der Waals surface area (Å²) in [5, 5.41) is 2.78. The highest BCUT2D eigenvalue weighted by atomic mass is 16.5. The number of nitrogens with one attached hydrogen (secondary N) is 1. The second-order valence-corrected chi connectivity index (χ2v) is 3.95. The topological polar surface area (TPSA) is 41.6 Å². The Labute approximate surface area is 95.2 Å². The number of nitrogens with zero attached hydrogens (tertiary/aromatic N) is 1. The Morgan fingerprint density at radius 2 is 2.19 bits per heavy atom. The molecule has 0 saturated carbocycles. The second kappa shape index (κ2) is 4.99. The molecule has 0 radical (unpaired) electrons. The summed E-state index contributed by atoms with van der Waals surface area (Å²) in [5.74, 6) is 0. The summed E-state index contributed by atoms with van der Waals surface area (Å²) in [6.07, 6.45) is 0. The lowest BCUT2D eigenvalue weighted by molar-refractivity contribution is 0.0831. The minimum atomic E-state index is -0.0201. The van der Waals surface area contributed by atoms with Crippen LogP contribution in [0.25, 0.3) is 0 Å². The highest BCUT2D eigenvalue weighted by molar-refractivity contribution is 5.76. The Kier molecular flexibility index (Phi) is 3.41. The first-order valence-electron chi connectivity index (χ1n) is 5.39. The SMILES string of the molecule is CN1C(=O)NC[C@@H]1COCc1ccccc1. The maximum absolute atomic E-state index is 11.2. The minimum Gasteiger partial charge on any atom is -0.375 e. The van der Waals surface area contributed by atoms with Crippen LogP contribution in [0.3, 0.4) is 0 Å². The summed E-state index contributed by atoms with van der Waals surface area (Å²) in [6.45, 7) is 1.84. The number of urea groups is 1. The van der Waals surface area contributed by atoms with Gasteiger partial charge in [0.05, 0.1) is 19.3 Å². The lowest BCUT2D eigenvalue weighted by Gasteiger charge is -2.17. The lowest BCUT2D eigenvalue weighted by atomic mass is 10.2. The van der Waals surface area contributed by atoms with Crippen LogP contribution < -0.4 is 5.32 Å². The van der Waals surface area contributed by atoms with Crippen LogP contribution >= 0.6 is 0 Å². The molecule has 86 valence electrons. The van der Waals surface area contributed by atoms with E-state index in [1.807, 2.05) is 30.3 Å². The normalized spacial score (nSPS) is 19.9. The third-order valence-corrected chi connectivity index (χ3v) is 2.78. The van der Waals surface area contributed by atoms with Gasteiger partial charge < -0.3 is 15.0 Å². The number of carbonyl (C=O) groups excluding carboxylic acids is 1. The number of hydrogen-bond donors (Lipinski definition) is 1. The number of rotatable bonds is 4. The fraction of sp³-hybridized carbons (Fsp3) is 0.417. The molecule has 1 N–H and O–H groups in total. The van der Waals surface area contributed by atoms with E-state index >= 15 is 0 Å². The summed E-state index contributed by atoms with van der Waals surface area (Å²) >= 11 is 0. The zero-order valence-corrected chi connectivity index (χ0v) is 9.35. The highest BCUT2D eigenvalue weighted by Gasteiger charge is 2.26. The first-order chi connectivity index (χ1) is 7.77. The van der Waals surface area contributed by atoms with Crippen LogP contribution in [-0.4, -0.2) is 37.2 Å². The largest absolute Gasteiger partial charge is 0.375 e. The third-order valence-electron chi connectivity index (χ3n) is 2.78. The van der Waals surface area contributed by atoms with Crippen molar-refractivity contribution in [3.8, 4) is 0 Å². The molecule has 4 nitrogen and oxygen atoms in total. The molecule has 0 aromatic heterocycles. The molecule has 0 aliphatic carbocycles. The van der Waals surface area contributed by atoms with E-state index in [0.717, 1.165) is 5.56 Å². The predicted molar refractivity (Wildman–Crippen MR) is 61.0 cm³/mol. The molecule has 1 aromatic rings. The molecule has 4 heteroatoms. The first kappa shape index (κ1) is 11.0. The maximum atomic E-state index is 11.2. The van der Waals surface area contributed by atoms with Crippen molar-refractivity contribution in [2.75, 3.05) is 20.2 Å². The quantitative estimate of drug-likeness (QED) is 0.829. The van der Waals surface area contributed by atoms with Gasteiger partial charge in [0.25, 0.3) is 0 Å². The van der Waals surface area contributed by atoms with E-state index in [0.29, 0.717) is 19.8 Å². The van der Waals surface area contributed by atoms with Crippen molar-refractivity contribution in [2.45, 2.75) is 12.6 Å². The molecule has 2 rings (SSSR count). The molecule has 1 aliphatic rings. The number of ether oxygens (including phenoxy) is 1. The van der Waals surface area contributed by atoms with Crippen molar-refractivity contribution < 1.29 is 9.53 Å². The average molecular weight is 220 g/mol. The average Bonchev–Trinajstić information content (AvgIpc) is 2.62. The van der Waals surface area contributed by atoms with Gasteiger partial charge in [-0.25, -0.2) is 4.79 Å². The molecule has 2 amide bonds. The Morgan fingerprint density at radius 1 is 1.44 bits per heavy atom. The smallest absolute Gasteiger partial charge is 0.317 e. The van der Waals surface area contributed by atoms with E-state index in [1.54, 1.807) is 11.9 Å². The lowest BCUT2D eigenvalue weighted by Crippen LogP contribution is -2.33. The fourth-order valence-corrected chi connectivity index (χ4v) is 1.69. The summed E-state index contributed by atoms with van der Waals surface area (Å²) in [7, 11) is 1.79. The molecule has 0 unspecified atom stereocenters. The van der Waals surface area contributed by atoms with Crippen molar-refractivity contribution in [3.05, 3.63) is 35.9 Å².